The molecule has 0 radical (unpaired) electrons. The molecule has 0 fully saturated rings. The van der Waals surface area contributed by atoms with Crippen LogP contribution in [0.1, 0.15) is 17.5 Å². The molecule has 0 atom stereocenters. The maximum atomic E-state index is 11.8. The fourth-order valence-electron chi connectivity index (χ4n) is 1.65. The van der Waals surface area contributed by atoms with Crippen molar-refractivity contribution in [2.45, 2.75) is 12.0 Å². The van der Waals surface area contributed by atoms with E-state index in [0.717, 1.165) is 11.1 Å². The van der Waals surface area contributed by atoms with Gasteiger partial charge in [-0.25, -0.2) is 4.79 Å². The second kappa shape index (κ2) is 5.78. The van der Waals surface area contributed by atoms with Crippen LogP contribution >= 0.6 is 11.8 Å². The monoisotopic (exact) mass is 262 g/mol. The first-order valence-electron chi connectivity index (χ1n) is 5.66. The Hall–Kier alpha value is -1.68. The molecule has 3 nitrogen and oxygen atoms in total. The number of carbonyl (C=O) groups excluding carboxylic acids is 1. The number of benzene rings is 1. The molecule has 1 aromatic heterocycles. The maximum Gasteiger partial charge on any atom is 0.374 e. The first-order valence-corrected chi connectivity index (χ1v) is 6.89. The van der Waals surface area contributed by atoms with Crippen molar-refractivity contribution in [3.05, 3.63) is 42.2 Å². The van der Waals surface area contributed by atoms with Crippen molar-refractivity contribution >= 4 is 17.7 Å². The van der Waals surface area contributed by atoms with Gasteiger partial charge in [-0.1, -0.05) is 42.1 Å². The van der Waals surface area contributed by atoms with Gasteiger partial charge in [-0.3, -0.25) is 0 Å². The molecular formula is C14H14O3S. The summed E-state index contributed by atoms with van der Waals surface area (Å²) in [6.07, 6.45) is 1.91. The average Bonchev–Trinajstić information content (AvgIpc) is 2.84. The molecule has 0 N–H and O–H groups in total. The smallest absolute Gasteiger partial charge is 0.374 e. The van der Waals surface area contributed by atoms with Crippen molar-refractivity contribution in [1.29, 1.82) is 0 Å². The first kappa shape index (κ1) is 12.8. The van der Waals surface area contributed by atoms with Crippen molar-refractivity contribution < 1.29 is 13.9 Å². The van der Waals surface area contributed by atoms with Gasteiger partial charge in [0.25, 0.3) is 0 Å². The molecule has 0 aliphatic heterocycles. The van der Waals surface area contributed by atoms with Crippen LogP contribution in [0, 0.1) is 0 Å². The summed E-state index contributed by atoms with van der Waals surface area (Å²) >= 11 is 1.46. The third-order valence-corrected chi connectivity index (χ3v) is 3.06. The number of hydrogen-bond donors (Lipinski definition) is 0. The van der Waals surface area contributed by atoms with Crippen molar-refractivity contribution in [2.24, 2.45) is 0 Å². The fourth-order valence-corrected chi connectivity index (χ4v) is 2.05. The lowest BCUT2D eigenvalue weighted by molar-refractivity contribution is 0.0485. The van der Waals surface area contributed by atoms with Gasteiger partial charge in [0.05, 0.1) is 6.61 Å². The largest absolute Gasteiger partial charge is 0.460 e. The van der Waals surface area contributed by atoms with E-state index in [2.05, 4.69) is 0 Å². The van der Waals surface area contributed by atoms with Crippen LogP contribution < -0.4 is 0 Å². The van der Waals surface area contributed by atoms with Crippen LogP contribution in [0.5, 0.6) is 0 Å². The number of esters is 1. The van der Waals surface area contributed by atoms with Crippen LogP contribution in [0.15, 0.2) is 45.9 Å². The summed E-state index contributed by atoms with van der Waals surface area (Å²) in [5.74, 6) is -0.149. The summed E-state index contributed by atoms with van der Waals surface area (Å²) < 4.78 is 10.5. The van der Waals surface area contributed by atoms with Gasteiger partial charge >= 0.3 is 5.97 Å². The molecule has 1 aromatic carbocycles. The Morgan fingerprint density at radius 1 is 1.33 bits per heavy atom. The van der Waals surface area contributed by atoms with Crippen LogP contribution in [-0.4, -0.2) is 18.8 Å². The molecule has 1 heterocycles. The molecular weight excluding hydrogens is 248 g/mol. The highest BCUT2D eigenvalue weighted by molar-refractivity contribution is 7.98. The van der Waals surface area contributed by atoms with E-state index >= 15 is 0 Å². The summed E-state index contributed by atoms with van der Waals surface area (Å²) in [4.78, 5) is 11.8. The fraction of sp³-hybridized carbons (Fsp3) is 0.214. The lowest BCUT2D eigenvalue weighted by Gasteiger charge is -2.02. The lowest BCUT2D eigenvalue weighted by Crippen LogP contribution is -2.04. The number of carbonyl (C=O) groups is 1. The second-order valence-electron chi connectivity index (χ2n) is 3.60. The van der Waals surface area contributed by atoms with Crippen molar-refractivity contribution in [3.63, 3.8) is 0 Å². The molecule has 0 aliphatic rings. The molecule has 0 unspecified atom stereocenters. The standard InChI is InChI=1S/C14H14O3S/c1-3-16-14(15)13-11(9-12(17-13)18-2)10-7-5-4-6-8-10/h4-9H,3H2,1-2H3. The van der Waals surface area contributed by atoms with Crippen LogP contribution in [0.4, 0.5) is 0 Å². The Kier molecular flexibility index (Phi) is 4.10. The minimum atomic E-state index is -0.420. The summed E-state index contributed by atoms with van der Waals surface area (Å²) in [6.45, 7) is 2.11. The van der Waals surface area contributed by atoms with Gasteiger partial charge in [-0.2, -0.15) is 0 Å². The molecule has 18 heavy (non-hydrogen) atoms. The van der Waals surface area contributed by atoms with Crippen LogP contribution in [0.3, 0.4) is 0 Å². The molecule has 0 aliphatic carbocycles. The summed E-state index contributed by atoms with van der Waals surface area (Å²) in [6, 6.07) is 11.5. The summed E-state index contributed by atoms with van der Waals surface area (Å²) in [5, 5.41) is 0.705. The third-order valence-electron chi connectivity index (χ3n) is 2.46. The number of hydrogen-bond acceptors (Lipinski definition) is 4. The van der Waals surface area contributed by atoms with Crippen LogP contribution in [0.2, 0.25) is 0 Å². The highest BCUT2D eigenvalue weighted by Gasteiger charge is 2.20. The molecule has 0 amide bonds. The highest BCUT2D eigenvalue weighted by atomic mass is 32.2. The quantitative estimate of drug-likeness (QED) is 0.620. The average molecular weight is 262 g/mol. The summed E-state index contributed by atoms with van der Waals surface area (Å²) in [5.41, 5.74) is 1.73. The molecule has 4 heteroatoms. The Morgan fingerprint density at radius 2 is 2.06 bits per heavy atom. The molecule has 94 valence electrons. The Balaban J connectivity index is 2.45. The van der Waals surface area contributed by atoms with E-state index in [1.54, 1.807) is 6.92 Å². The maximum absolute atomic E-state index is 11.8. The predicted molar refractivity (Wildman–Crippen MR) is 71.9 cm³/mol. The van der Waals surface area contributed by atoms with Gasteiger partial charge < -0.3 is 9.15 Å². The van der Waals surface area contributed by atoms with Gasteiger partial charge in [-0.05, 0) is 24.8 Å². The van der Waals surface area contributed by atoms with Gasteiger partial charge in [0, 0.05) is 5.56 Å². The minimum Gasteiger partial charge on any atom is -0.460 e. The number of rotatable bonds is 4. The molecule has 2 rings (SSSR count). The van der Waals surface area contributed by atoms with Crippen molar-refractivity contribution in [3.8, 4) is 11.1 Å². The highest BCUT2D eigenvalue weighted by Crippen LogP contribution is 2.31. The van der Waals surface area contributed by atoms with Crippen LogP contribution in [0.25, 0.3) is 11.1 Å². The molecule has 0 saturated carbocycles. The van der Waals surface area contributed by atoms with Gasteiger partial charge in [0.2, 0.25) is 5.76 Å². The second-order valence-corrected chi connectivity index (χ2v) is 4.41. The zero-order valence-corrected chi connectivity index (χ0v) is 11.1. The normalized spacial score (nSPS) is 10.3. The molecule has 0 saturated heterocycles. The Bertz CT molecular complexity index is 531. The Labute approximate surface area is 110 Å². The third kappa shape index (κ3) is 2.59. The zero-order valence-electron chi connectivity index (χ0n) is 10.3. The van der Waals surface area contributed by atoms with Crippen LogP contribution in [-0.2, 0) is 4.74 Å². The lowest BCUT2D eigenvalue weighted by atomic mass is 10.1. The van der Waals surface area contributed by atoms with E-state index < -0.39 is 5.97 Å². The predicted octanol–water partition coefficient (Wildman–Crippen LogP) is 3.85. The van der Waals surface area contributed by atoms with Crippen molar-refractivity contribution in [1.82, 2.24) is 0 Å². The van der Waals surface area contributed by atoms with E-state index in [0.29, 0.717) is 11.7 Å². The van der Waals surface area contributed by atoms with E-state index in [1.165, 1.54) is 11.8 Å². The number of thioether (sulfide) groups is 1. The topological polar surface area (TPSA) is 39.4 Å². The molecule has 2 aromatic rings. The van der Waals surface area contributed by atoms with Gasteiger partial charge in [0.15, 0.2) is 5.09 Å². The number of ether oxygens (including phenoxy) is 1. The number of furan rings is 1. The summed E-state index contributed by atoms with van der Waals surface area (Å²) in [7, 11) is 0. The van der Waals surface area contributed by atoms with Gasteiger partial charge in [-0.15, -0.1) is 0 Å². The van der Waals surface area contributed by atoms with Crippen molar-refractivity contribution in [2.75, 3.05) is 12.9 Å². The van der Waals surface area contributed by atoms with Gasteiger partial charge in [0.1, 0.15) is 0 Å². The SMILES string of the molecule is CCOC(=O)c1oc(SC)cc1-c1ccccc1. The van der Waals surface area contributed by atoms with E-state index in [1.807, 2.05) is 42.7 Å². The first-order chi connectivity index (χ1) is 8.76. The van der Waals surface area contributed by atoms with E-state index in [-0.39, 0.29) is 5.76 Å². The Morgan fingerprint density at radius 3 is 2.67 bits per heavy atom. The zero-order chi connectivity index (χ0) is 13.0. The van der Waals surface area contributed by atoms with E-state index in [9.17, 15) is 4.79 Å². The minimum absolute atomic E-state index is 0.271. The molecule has 0 spiro atoms. The van der Waals surface area contributed by atoms with E-state index in [4.69, 9.17) is 9.15 Å². The molecule has 0 bridgehead atoms.